The third kappa shape index (κ3) is 2.81. The second-order valence-electron chi connectivity index (χ2n) is 3.54. The summed E-state index contributed by atoms with van der Waals surface area (Å²) in [5, 5.41) is 13.0. The number of para-hydroxylation sites is 1. The first-order valence-corrected chi connectivity index (χ1v) is 5.66. The molecule has 0 aliphatic rings. The molecule has 2 aromatic rings. The van der Waals surface area contributed by atoms with Crippen LogP contribution in [0.25, 0.3) is 0 Å². The molecule has 0 radical (unpaired) electrons. The van der Waals surface area contributed by atoms with Gasteiger partial charge in [-0.3, -0.25) is 0 Å². The molecule has 0 atom stereocenters. The van der Waals surface area contributed by atoms with Crippen molar-refractivity contribution >= 4 is 17.4 Å². The van der Waals surface area contributed by atoms with Gasteiger partial charge in [0.2, 0.25) is 0 Å². The van der Waals surface area contributed by atoms with E-state index in [9.17, 15) is 5.11 Å². The molecule has 0 unspecified atom stereocenters. The Kier molecular flexibility index (Phi) is 3.84. The zero-order valence-electron chi connectivity index (χ0n) is 9.72. The number of nitrogens with zero attached hydrogens (tertiary/aromatic N) is 2. The number of benzene rings is 1. The molecule has 2 rings (SSSR count). The molecular formula is C12H12ClN3O2. The molecule has 0 aliphatic heterocycles. The summed E-state index contributed by atoms with van der Waals surface area (Å²) in [6.45, 7) is 0.409. The van der Waals surface area contributed by atoms with Crippen LogP contribution in [0, 0.1) is 0 Å². The van der Waals surface area contributed by atoms with Crippen LogP contribution in [0.2, 0.25) is 5.02 Å². The van der Waals surface area contributed by atoms with Gasteiger partial charge < -0.3 is 15.2 Å². The molecule has 6 heteroatoms. The van der Waals surface area contributed by atoms with E-state index in [1.165, 1.54) is 13.3 Å². The summed E-state index contributed by atoms with van der Waals surface area (Å²) in [5.74, 6) is 0.689. The fourth-order valence-corrected chi connectivity index (χ4v) is 1.57. The minimum Gasteiger partial charge on any atom is -0.508 e. The van der Waals surface area contributed by atoms with Crippen LogP contribution in [-0.4, -0.2) is 22.2 Å². The van der Waals surface area contributed by atoms with Crippen LogP contribution in [0.3, 0.4) is 0 Å². The fraction of sp³-hybridized carbons (Fsp3) is 0.167. The van der Waals surface area contributed by atoms with E-state index < -0.39 is 0 Å². The second-order valence-corrected chi connectivity index (χ2v) is 3.94. The van der Waals surface area contributed by atoms with Crippen molar-refractivity contribution in [3.8, 4) is 11.8 Å². The largest absolute Gasteiger partial charge is 0.508 e. The van der Waals surface area contributed by atoms with Crippen molar-refractivity contribution in [2.45, 2.75) is 6.54 Å². The monoisotopic (exact) mass is 265 g/mol. The first-order chi connectivity index (χ1) is 8.70. The van der Waals surface area contributed by atoms with Crippen LogP contribution in [0.5, 0.6) is 11.8 Å². The SMILES string of the molecule is COc1ncc(Cl)c(NCc2ccccc2O)n1. The van der Waals surface area contributed by atoms with Gasteiger partial charge in [-0.05, 0) is 6.07 Å². The van der Waals surface area contributed by atoms with Crippen molar-refractivity contribution in [1.82, 2.24) is 9.97 Å². The molecule has 5 nitrogen and oxygen atoms in total. The van der Waals surface area contributed by atoms with Crippen molar-refractivity contribution < 1.29 is 9.84 Å². The highest BCUT2D eigenvalue weighted by molar-refractivity contribution is 6.32. The number of hydrogen-bond donors (Lipinski definition) is 2. The van der Waals surface area contributed by atoms with Crippen LogP contribution in [0.4, 0.5) is 5.82 Å². The molecule has 0 bridgehead atoms. The number of ether oxygens (including phenoxy) is 1. The lowest BCUT2D eigenvalue weighted by Gasteiger charge is -2.09. The summed E-state index contributed by atoms with van der Waals surface area (Å²) >= 11 is 5.95. The summed E-state index contributed by atoms with van der Waals surface area (Å²) in [7, 11) is 1.48. The second kappa shape index (κ2) is 5.55. The summed E-state index contributed by atoms with van der Waals surface area (Å²) in [6.07, 6.45) is 1.46. The molecular weight excluding hydrogens is 254 g/mol. The fourth-order valence-electron chi connectivity index (χ4n) is 1.41. The standard InChI is InChI=1S/C12H12ClN3O2/c1-18-12-15-7-9(13)11(16-12)14-6-8-4-2-3-5-10(8)17/h2-5,7,17H,6H2,1H3,(H,14,15,16). The maximum Gasteiger partial charge on any atom is 0.318 e. The molecule has 1 aromatic carbocycles. The number of aromatic hydroxyl groups is 1. The number of halogens is 1. The third-order valence-corrected chi connectivity index (χ3v) is 2.62. The topological polar surface area (TPSA) is 67.3 Å². The Morgan fingerprint density at radius 2 is 2.17 bits per heavy atom. The lowest BCUT2D eigenvalue weighted by molar-refractivity contribution is 0.380. The van der Waals surface area contributed by atoms with Crippen LogP contribution in [0.1, 0.15) is 5.56 Å². The molecule has 0 spiro atoms. The number of aromatic nitrogens is 2. The van der Waals surface area contributed by atoms with Crippen LogP contribution in [-0.2, 0) is 6.54 Å². The van der Waals surface area contributed by atoms with E-state index in [0.717, 1.165) is 5.56 Å². The molecule has 1 aromatic heterocycles. The van der Waals surface area contributed by atoms with Crippen LogP contribution >= 0.6 is 11.6 Å². The van der Waals surface area contributed by atoms with E-state index in [1.54, 1.807) is 12.1 Å². The predicted molar refractivity (Wildman–Crippen MR) is 69.0 cm³/mol. The van der Waals surface area contributed by atoms with Gasteiger partial charge in [-0.2, -0.15) is 4.98 Å². The highest BCUT2D eigenvalue weighted by atomic mass is 35.5. The Morgan fingerprint density at radius 1 is 1.39 bits per heavy atom. The molecule has 0 amide bonds. The quantitative estimate of drug-likeness (QED) is 0.889. The smallest absolute Gasteiger partial charge is 0.318 e. The highest BCUT2D eigenvalue weighted by Crippen LogP contribution is 2.22. The van der Waals surface area contributed by atoms with E-state index in [2.05, 4.69) is 15.3 Å². The Balaban J connectivity index is 2.13. The molecule has 0 aliphatic carbocycles. The van der Waals surface area contributed by atoms with Crippen molar-refractivity contribution in [2.75, 3.05) is 12.4 Å². The first kappa shape index (κ1) is 12.4. The number of nitrogens with one attached hydrogen (secondary N) is 1. The number of phenolic OH excluding ortho intramolecular Hbond substituents is 1. The van der Waals surface area contributed by atoms with Gasteiger partial charge in [0.05, 0.1) is 13.3 Å². The molecule has 2 N–H and O–H groups in total. The lowest BCUT2D eigenvalue weighted by atomic mass is 10.2. The number of rotatable bonds is 4. The van der Waals surface area contributed by atoms with Gasteiger partial charge in [0.15, 0.2) is 5.82 Å². The van der Waals surface area contributed by atoms with Gasteiger partial charge in [-0.25, -0.2) is 4.98 Å². The summed E-state index contributed by atoms with van der Waals surface area (Å²) < 4.78 is 4.92. The van der Waals surface area contributed by atoms with E-state index >= 15 is 0 Å². The molecule has 18 heavy (non-hydrogen) atoms. The lowest BCUT2D eigenvalue weighted by Crippen LogP contribution is -2.04. The Labute approximate surface area is 109 Å². The van der Waals surface area contributed by atoms with Gasteiger partial charge in [0.1, 0.15) is 10.8 Å². The summed E-state index contributed by atoms with van der Waals surface area (Å²) in [4.78, 5) is 7.95. The van der Waals surface area contributed by atoms with Gasteiger partial charge in [0, 0.05) is 12.1 Å². The van der Waals surface area contributed by atoms with E-state index in [4.69, 9.17) is 16.3 Å². The van der Waals surface area contributed by atoms with E-state index in [1.807, 2.05) is 12.1 Å². The first-order valence-electron chi connectivity index (χ1n) is 5.28. The summed E-state index contributed by atoms with van der Waals surface area (Å²) in [6, 6.07) is 7.28. The predicted octanol–water partition coefficient (Wildman–Crippen LogP) is 2.46. The van der Waals surface area contributed by atoms with Gasteiger partial charge in [-0.1, -0.05) is 29.8 Å². The van der Waals surface area contributed by atoms with E-state index in [0.29, 0.717) is 17.4 Å². The number of hydrogen-bond acceptors (Lipinski definition) is 5. The third-order valence-electron chi connectivity index (χ3n) is 2.34. The Morgan fingerprint density at radius 3 is 2.89 bits per heavy atom. The van der Waals surface area contributed by atoms with Crippen molar-refractivity contribution in [1.29, 1.82) is 0 Å². The normalized spacial score (nSPS) is 10.1. The van der Waals surface area contributed by atoms with Crippen molar-refractivity contribution in [3.05, 3.63) is 41.0 Å². The maximum atomic E-state index is 9.63. The van der Waals surface area contributed by atoms with Crippen LogP contribution in [0.15, 0.2) is 30.5 Å². The van der Waals surface area contributed by atoms with Crippen molar-refractivity contribution in [2.24, 2.45) is 0 Å². The van der Waals surface area contributed by atoms with Gasteiger partial charge in [-0.15, -0.1) is 0 Å². The summed E-state index contributed by atoms with van der Waals surface area (Å²) in [5.41, 5.74) is 0.756. The minimum absolute atomic E-state index is 0.224. The number of phenols is 1. The zero-order valence-corrected chi connectivity index (χ0v) is 10.5. The van der Waals surface area contributed by atoms with Gasteiger partial charge >= 0.3 is 6.01 Å². The van der Waals surface area contributed by atoms with Gasteiger partial charge in [0.25, 0.3) is 0 Å². The maximum absolute atomic E-state index is 9.63. The average Bonchev–Trinajstić information content (AvgIpc) is 2.39. The molecule has 94 valence electrons. The highest BCUT2D eigenvalue weighted by Gasteiger charge is 2.06. The minimum atomic E-state index is 0.224. The molecule has 1 heterocycles. The average molecular weight is 266 g/mol. The molecule has 0 saturated heterocycles. The van der Waals surface area contributed by atoms with Crippen molar-refractivity contribution in [3.63, 3.8) is 0 Å². The molecule has 0 fully saturated rings. The van der Waals surface area contributed by atoms with E-state index in [-0.39, 0.29) is 11.8 Å². The number of methoxy groups -OCH3 is 1. The Hall–Kier alpha value is -2.01. The zero-order chi connectivity index (χ0) is 13.0. The Bertz CT molecular complexity index is 549. The molecule has 0 saturated carbocycles. The number of anilines is 1. The van der Waals surface area contributed by atoms with Crippen LogP contribution < -0.4 is 10.1 Å².